The smallest absolute Gasteiger partial charge is 0.338 e. The Labute approximate surface area is 170 Å². The predicted octanol–water partition coefficient (Wildman–Crippen LogP) is 2.89. The summed E-state index contributed by atoms with van der Waals surface area (Å²) in [5, 5.41) is 2.71. The molecule has 0 spiro atoms. The van der Waals surface area contributed by atoms with Crippen LogP contribution in [0, 0.1) is 6.92 Å². The molecule has 0 fully saturated rings. The minimum absolute atomic E-state index is 0.286. The van der Waals surface area contributed by atoms with Crippen molar-refractivity contribution in [2.45, 2.75) is 32.8 Å². The lowest BCUT2D eigenvalue weighted by Crippen LogP contribution is -2.34. The van der Waals surface area contributed by atoms with Gasteiger partial charge in [-0.05, 0) is 62.6 Å². The Morgan fingerprint density at radius 1 is 1.14 bits per heavy atom. The first-order valence-corrected chi connectivity index (χ1v) is 11.2. The molecule has 0 aliphatic carbocycles. The number of sulfonamides is 1. The van der Waals surface area contributed by atoms with Crippen LogP contribution in [0.25, 0.3) is 0 Å². The number of carbonyl (C=O) groups excluding carboxylic acids is 2. The molecule has 1 aliphatic heterocycles. The molecule has 7 nitrogen and oxygen atoms in total. The van der Waals surface area contributed by atoms with Crippen LogP contribution < -0.4 is 9.62 Å². The van der Waals surface area contributed by atoms with Crippen molar-refractivity contribution in [2.24, 2.45) is 0 Å². The normalized spacial score (nSPS) is 14.7. The highest BCUT2D eigenvalue weighted by Gasteiger charge is 2.26. The third kappa shape index (κ3) is 4.95. The number of amides is 1. The average molecular weight is 416 g/mol. The second kappa shape index (κ2) is 8.24. The van der Waals surface area contributed by atoms with Crippen molar-refractivity contribution in [2.75, 3.05) is 22.4 Å². The first-order valence-electron chi connectivity index (χ1n) is 9.34. The van der Waals surface area contributed by atoms with Crippen molar-refractivity contribution in [3.63, 3.8) is 0 Å². The van der Waals surface area contributed by atoms with Gasteiger partial charge in [0.05, 0.1) is 17.5 Å². The number of rotatable bonds is 5. The van der Waals surface area contributed by atoms with E-state index in [1.807, 2.05) is 19.1 Å². The van der Waals surface area contributed by atoms with Crippen molar-refractivity contribution in [1.29, 1.82) is 0 Å². The van der Waals surface area contributed by atoms with Gasteiger partial charge < -0.3 is 10.1 Å². The largest absolute Gasteiger partial charge is 0.449 e. The van der Waals surface area contributed by atoms with Crippen LogP contribution in [0.1, 0.15) is 34.8 Å². The van der Waals surface area contributed by atoms with Crippen LogP contribution in [0.3, 0.4) is 0 Å². The Morgan fingerprint density at radius 3 is 2.48 bits per heavy atom. The molecule has 29 heavy (non-hydrogen) atoms. The molecular weight excluding hydrogens is 392 g/mol. The summed E-state index contributed by atoms with van der Waals surface area (Å²) < 4.78 is 30.5. The van der Waals surface area contributed by atoms with Gasteiger partial charge in [-0.25, -0.2) is 13.2 Å². The maximum Gasteiger partial charge on any atom is 0.338 e. The van der Waals surface area contributed by atoms with E-state index >= 15 is 0 Å². The molecular formula is C21H24N2O5S. The maximum absolute atomic E-state index is 12.5. The molecule has 3 rings (SSSR count). The number of nitrogens with zero attached hydrogens (tertiary/aromatic N) is 1. The summed E-state index contributed by atoms with van der Waals surface area (Å²) in [7, 11) is -3.37. The molecule has 2 aromatic rings. The lowest BCUT2D eigenvalue weighted by molar-refractivity contribution is -0.123. The van der Waals surface area contributed by atoms with Gasteiger partial charge >= 0.3 is 5.97 Å². The monoisotopic (exact) mass is 416 g/mol. The molecule has 0 saturated carbocycles. The molecule has 8 heteroatoms. The van der Waals surface area contributed by atoms with Crippen LogP contribution in [0.15, 0.2) is 42.5 Å². The zero-order chi connectivity index (χ0) is 21.2. The van der Waals surface area contributed by atoms with Crippen LogP contribution >= 0.6 is 0 Å². The number of hydrogen-bond acceptors (Lipinski definition) is 5. The van der Waals surface area contributed by atoms with Gasteiger partial charge in [0.25, 0.3) is 5.91 Å². The van der Waals surface area contributed by atoms with Gasteiger partial charge in [-0.15, -0.1) is 0 Å². The summed E-state index contributed by atoms with van der Waals surface area (Å²) >= 11 is 0. The zero-order valence-corrected chi connectivity index (χ0v) is 17.5. The molecule has 154 valence electrons. The summed E-state index contributed by atoms with van der Waals surface area (Å²) in [5.74, 6) is -1.06. The summed E-state index contributed by atoms with van der Waals surface area (Å²) in [4.78, 5) is 24.8. The summed E-state index contributed by atoms with van der Waals surface area (Å²) in [6, 6.07) is 12.1. The third-order valence-corrected chi connectivity index (χ3v) is 5.94. The van der Waals surface area contributed by atoms with Crippen LogP contribution in [0.4, 0.5) is 11.4 Å². The minimum atomic E-state index is -3.37. The highest BCUT2D eigenvalue weighted by Crippen LogP contribution is 2.30. The third-order valence-electron chi connectivity index (χ3n) is 4.76. The van der Waals surface area contributed by atoms with Crippen molar-refractivity contribution in [1.82, 2.24) is 0 Å². The van der Waals surface area contributed by atoms with E-state index in [1.165, 1.54) is 23.6 Å². The van der Waals surface area contributed by atoms with Gasteiger partial charge in [-0.1, -0.05) is 17.7 Å². The number of anilines is 2. The van der Waals surface area contributed by atoms with Crippen molar-refractivity contribution < 1.29 is 22.7 Å². The molecule has 1 atom stereocenters. The van der Waals surface area contributed by atoms with E-state index in [2.05, 4.69) is 5.32 Å². The second-order valence-electron chi connectivity index (χ2n) is 7.18. The number of ether oxygens (including phenoxy) is 1. The lowest BCUT2D eigenvalue weighted by atomic mass is 10.0. The zero-order valence-electron chi connectivity index (χ0n) is 16.6. The molecule has 0 bridgehead atoms. The van der Waals surface area contributed by atoms with Gasteiger partial charge in [0.2, 0.25) is 10.0 Å². The van der Waals surface area contributed by atoms with Crippen molar-refractivity contribution in [3.8, 4) is 0 Å². The molecule has 2 aromatic carbocycles. The Morgan fingerprint density at radius 2 is 1.83 bits per heavy atom. The van der Waals surface area contributed by atoms with E-state index in [-0.39, 0.29) is 5.56 Å². The van der Waals surface area contributed by atoms with Gasteiger partial charge in [0.15, 0.2) is 6.10 Å². The Hall–Kier alpha value is -2.87. The Kier molecular flexibility index (Phi) is 5.93. The molecule has 0 unspecified atom stereocenters. The molecule has 1 heterocycles. The van der Waals surface area contributed by atoms with E-state index in [0.29, 0.717) is 30.8 Å². The topological polar surface area (TPSA) is 92.8 Å². The molecule has 0 saturated heterocycles. The fraction of sp³-hybridized carbons (Fsp3) is 0.333. The number of aryl methyl sites for hydroxylation is 2. The number of hydrogen-bond donors (Lipinski definition) is 1. The van der Waals surface area contributed by atoms with E-state index in [0.717, 1.165) is 11.1 Å². The van der Waals surface area contributed by atoms with Crippen LogP contribution in [-0.4, -0.2) is 39.2 Å². The van der Waals surface area contributed by atoms with Crippen LogP contribution in [0.5, 0.6) is 0 Å². The second-order valence-corrected chi connectivity index (χ2v) is 9.09. The van der Waals surface area contributed by atoms with Crippen molar-refractivity contribution >= 4 is 33.3 Å². The summed E-state index contributed by atoms with van der Waals surface area (Å²) in [6.07, 6.45) is 1.53. The number of esters is 1. The van der Waals surface area contributed by atoms with Crippen molar-refractivity contribution in [3.05, 3.63) is 59.2 Å². The highest BCUT2D eigenvalue weighted by molar-refractivity contribution is 7.92. The lowest BCUT2D eigenvalue weighted by Gasteiger charge is -2.29. The number of benzene rings is 2. The summed E-state index contributed by atoms with van der Waals surface area (Å²) in [5.41, 5.74) is 3.34. The first kappa shape index (κ1) is 20.9. The highest BCUT2D eigenvalue weighted by atomic mass is 32.2. The SMILES string of the molecule is Cc1ccc(NC(=O)[C@H](C)OC(=O)c2ccc3c(c2)CCCN3S(C)(=O)=O)cc1. The molecule has 0 aromatic heterocycles. The first-order chi connectivity index (χ1) is 13.6. The van der Waals surface area contributed by atoms with E-state index < -0.39 is 28.0 Å². The molecule has 1 amide bonds. The number of fused-ring (bicyclic) bond motifs is 1. The molecule has 0 radical (unpaired) electrons. The van der Waals surface area contributed by atoms with Gasteiger partial charge in [0.1, 0.15) is 0 Å². The fourth-order valence-electron chi connectivity index (χ4n) is 3.20. The van der Waals surface area contributed by atoms with E-state index in [4.69, 9.17) is 4.74 Å². The predicted molar refractivity (Wildman–Crippen MR) is 112 cm³/mol. The Balaban J connectivity index is 1.69. The standard InChI is InChI=1S/C21H24N2O5S/c1-14-6-9-18(10-7-14)22-20(24)15(2)28-21(25)17-8-11-19-16(13-17)5-4-12-23(19)29(3,26)27/h6-11,13,15H,4-5,12H2,1-3H3,(H,22,24)/t15-/m0/s1. The number of carbonyl (C=O) groups is 2. The number of nitrogens with one attached hydrogen (secondary N) is 1. The van der Waals surface area contributed by atoms with Gasteiger partial charge in [-0.3, -0.25) is 9.10 Å². The molecule has 1 N–H and O–H groups in total. The van der Waals surface area contributed by atoms with Crippen LogP contribution in [-0.2, 0) is 26.0 Å². The maximum atomic E-state index is 12.5. The fourth-order valence-corrected chi connectivity index (χ4v) is 4.19. The summed E-state index contributed by atoms with van der Waals surface area (Å²) in [6.45, 7) is 3.88. The average Bonchev–Trinajstić information content (AvgIpc) is 2.67. The van der Waals surface area contributed by atoms with Gasteiger partial charge in [0, 0.05) is 12.2 Å². The minimum Gasteiger partial charge on any atom is -0.449 e. The van der Waals surface area contributed by atoms with Crippen LogP contribution in [0.2, 0.25) is 0 Å². The quantitative estimate of drug-likeness (QED) is 0.757. The van der Waals surface area contributed by atoms with E-state index in [9.17, 15) is 18.0 Å². The van der Waals surface area contributed by atoms with E-state index in [1.54, 1.807) is 24.3 Å². The Bertz CT molecular complexity index is 1030. The van der Waals surface area contributed by atoms with Gasteiger partial charge in [-0.2, -0.15) is 0 Å². The molecule has 1 aliphatic rings.